The first-order valence-corrected chi connectivity index (χ1v) is 12.4. The van der Waals surface area contributed by atoms with E-state index in [0.29, 0.717) is 17.3 Å². The molecule has 2 bridgehead atoms. The Hall–Kier alpha value is -2.63. The monoisotopic (exact) mass is 430 g/mol. The standard InChI is InChI=1S/C26H30N4O2/c1-2-19(22-15-21(29-31-22)17-4-5-17)14-20(3-1)27-16-25-8-11-26(12-9-25,13-10-25)24-28-23(32-30-24)18-6-7-18/h1-3,14-15,17-18,27H,4-13,16H2. The van der Waals surface area contributed by atoms with E-state index in [1.807, 2.05) is 0 Å². The average molecular weight is 431 g/mol. The van der Waals surface area contributed by atoms with Gasteiger partial charge in [-0.2, -0.15) is 4.98 Å². The molecule has 0 spiro atoms. The van der Waals surface area contributed by atoms with Crippen LogP contribution in [-0.2, 0) is 5.41 Å². The number of anilines is 1. The minimum absolute atomic E-state index is 0.157. The van der Waals surface area contributed by atoms with Crippen LogP contribution in [0, 0.1) is 5.41 Å². The van der Waals surface area contributed by atoms with E-state index in [1.54, 1.807) is 0 Å². The number of nitrogens with one attached hydrogen (secondary N) is 1. The van der Waals surface area contributed by atoms with Gasteiger partial charge in [0.25, 0.3) is 0 Å². The number of hydrogen-bond donors (Lipinski definition) is 1. The van der Waals surface area contributed by atoms with Crippen molar-refractivity contribution in [2.75, 3.05) is 11.9 Å². The maximum Gasteiger partial charge on any atom is 0.229 e. The largest absolute Gasteiger partial charge is 0.384 e. The van der Waals surface area contributed by atoms with Gasteiger partial charge in [0.15, 0.2) is 11.6 Å². The van der Waals surface area contributed by atoms with Crippen LogP contribution in [0.4, 0.5) is 5.69 Å². The predicted molar refractivity (Wildman–Crippen MR) is 120 cm³/mol. The minimum Gasteiger partial charge on any atom is -0.384 e. The van der Waals surface area contributed by atoms with Gasteiger partial charge in [0.2, 0.25) is 5.89 Å². The molecule has 1 aromatic carbocycles. The van der Waals surface area contributed by atoms with Gasteiger partial charge in [-0.15, -0.1) is 0 Å². The summed E-state index contributed by atoms with van der Waals surface area (Å²) in [5.74, 6) is 3.90. The lowest BCUT2D eigenvalue weighted by atomic mass is 9.53. The van der Waals surface area contributed by atoms with E-state index >= 15 is 0 Å². The number of fused-ring (bicyclic) bond motifs is 3. The van der Waals surface area contributed by atoms with Gasteiger partial charge in [-0.3, -0.25) is 0 Å². The molecule has 0 aliphatic heterocycles. The smallest absolute Gasteiger partial charge is 0.229 e. The number of rotatable bonds is 7. The Labute approximate surface area is 188 Å². The van der Waals surface area contributed by atoms with Crippen LogP contribution in [0.5, 0.6) is 0 Å². The first-order chi connectivity index (χ1) is 15.7. The van der Waals surface area contributed by atoms with Crippen molar-refractivity contribution < 1.29 is 9.05 Å². The highest BCUT2D eigenvalue weighted by molar-refractivity contribution is 5.64. The van der Waals surface area contributed by atoms with Gasteiger partial charge in [-0.05, 0) is 81.8 Å². The maximum absolute atomic E-state index is 5.63. The highest BCUT2D eigenvalue weighted by atomic mass is 16.5. The normalized spacial score (nSPS) is 29.4. The van der Waals surface area contributed by atoms with E-state index in [2.05, 4.69) is 46.0 Å². The topological polar surface area (TPSA) is 77.0 Å². The SMILES string of the molecule is c1cc(NCC23CCC(c4noc(C5CC5)n4)(CC2)CC3)cc(-c2cc(C3CC3)no2)c1. The number of hydrogen-bond acceptors (Lipinski definition) is 6. The molecule has 1 N–H and O–H groups in total. The van der Waals surface area contributed by atoms with Crippen LogP contribution < -0.4 is 5.32 Å². The molecule has 0 unspecified atom stereocenters. The molecule has 2 aromatic heterocycles. The quantitative estimate of drug-likeness (QED) is 0.482. The number of aromatic nitrogens is 3. The fourth-order valence-corrected chi connectivity index (χ4v) is 5.88. The molecule has 5 saturated carbocycles. The molecule has 6 heteroatoms. The Morgan fingerprint density at radius 1 is 0.875 bits per heavy atom. The van der Waals surface area contributed by atoms with Crippen LogP contribution in [0.25, 0.3) is 11.3 Å². The lowest BCUT2D eigenvalue weighted by molar-refractivity contribution is 0.0445. The van der Waals surface area contributed by atoms with Gasteiger partial charge in [-0.25, -0.2) is 0 Å². The summed E-state index contributed by atoms with van der Waals surface area (Å²) in [5, 5.41) is 12.4. The van der Waals surface area contributed by atoms with E-state index in [-0.39, 0.29) is 5.41 Å². The van der Waals surface area contributed by atoms with Gasteiger partial charge in [0.1, 0.15) is 0 Å². The number of nitrogens with zero attached hydrogens (tertiary/aromatic N) is 3. The van der Waals surface area contributed by atoms with Crippen LogP contribution in [0.15, 0.2) is 39.4 Å². The van der Waals surface area contributed by atoms with Gasteiger partial charge in [0, 0.05) is 41.1 Å². The van der Waals surface area contributed by atoms with Gasteiger partial charge < -0.3 is 14.4 Å². The summed E-state index contributed by atoms with van der Waals surface area (Å²) in [5.41, 5.74) is 3.91. The minimum atomic E-state index is 0.157. The molecule has 32 heavy (non-hydrogen) atoms. The second-order valence-electron chi connectivity index (χ2n) is 10.8. The third-order valence-corrected chi connectivity index (χ3v) is 8.58. The van der Waals surface area contributed by atoms with E-state index in [1.165, 1.54) is 64.2 Å². The molecule has 0 radical (unpaired) electrons. The van der Waals surface area contributed by atoms with Gasteiger partial charge in [0.05, 0.1) is 5.69 Å². The zero-order valence-electron chi connectivity index (χ0n) is 18.5. The molecule has 5 fully saturated rings. The third-order valence-electron chi connectivity index (χ3n) is 8.58. The van der Waals surface area contributed by atoms with Crippen LogP contribution in [0.2, 0.25) is 0 Å². The molecule has 0 saturated heterocycles. The lowest BCUT2D eigenvalue weighted by Crippen LogP contribution is -2.47. The predicted octanol–water partition coefficient (Wildman–Crippen LogP) is 6.18. The Kier molecular flexibility index (Phi) is 4.09. The molecule has 2 heterocycles. The number of benzene rings is 1. The van der Waals surface area contributed by atoms with Crippen molar-refractivity contribution in [3.05, 3.63) is 47.7 Å². The summed E-state index contributed by atoms with van der Waals surface area (Å²) < 4.78 is 11.2. The Bertz CT molecular complexity index is 1120. The lowest BCUT2D eigenvalue weighted by Gasteiger charge is -2.52. The summed E-state index contributed by atoms with van der Waals surface area (Å²) >= 11 is 0. The Balaban J connectivity index is 1.02. The van der Waals surface area contributed by atoms with Crippen LogP contribution in [0.3, 0.4) is 0 Å². The summed E-state index contributed by atoms with van der Waals surface area (Å²) in [7, 11) is 0. The molecule has 166 valence electrons. The highest BCUT2D eigenvalue weighted by Crippen LogP contribution is 2.57. The van der Waals surface area contributed by atoms with Crippen molar-refractivity contribution in [1.29, 1.82) is 0 Å². The molecule has 0 atom stereocenters. The second kappa shape index (κ2) is 6.93. The summed E-state index contributed by atoms with van der Waals surface area (Å²) in [4.78, 5) is 4.83. The Morgan fingerprint density at radius 3 is 2.41 bits per heavy atom. The van der Waals surface area contributed by atoms with E-state index < -0.39 is 0 Å². The molecule has 5 aliphatic carbocycles. The highest BCUT2D eigenvalue weighted by Gasteiger charge is 2.51. The fraction of sp³-hybridized carbons (Fsp3) is 0.577. The molecule has 5 aliphatic rings. The van der Waals surface area contributed by atoms with E-state index in [9.17, 15) is 0 Å². The zero-order valence-corrected chi connectivity index (χ0v) is 18.5. The fourth-order valence-electron chi connectivity index (χ4n) is 5.88. The van der Waals surface area contributed by atoms with Crippen molar-refractivity contribution in [2.24, 2.45) is 5.41 Å². The summed E-state index contributed by atoms with van der Waals surface area (Å²) in [6.07, 6.45) is 12.2. The maximum atomic E-state index is 5.63. The molecule has 6 nitrogen and oxygen atoms in total. The summed E-state index contributed by atoms with van der Waals surface area (Å²) in [6, 6.07) is 10.7. The second-order valence-corrected chi connectivity index (χ2v) is 10.8. The van der Waals surface area contributed by atoms with Gasteiger partial charge >= 0.3 is 0 Å². The molecule has 8 rings (SSSR count). The van der Waals surface area contributed by atoms with Crippen LogP contribution in [0.1, 0.15) is 93.5 Å². The van der Waals surface area contributed by atoms with Crippen molar-refractivity contribution in [2.45, 2.75) is 81.5 Å². The molecular weight excluding hydrogens is 400 g/mol. The zero-order chi connectivity index (χ0) is 21.2. The van der Waals surface area contributed by atoms with Crippen molar-refractivity contribution in [1.82, 2.24) is 15.3 Å². The van der Waals surface area contributed by atoms with E-state index in [4.69, 9.17) is 14.0 Å². The molecule has 0 amide bonds. The van der Waals surface area contributed by atoms with Crippen molar-refractivity contribution in [3.63, 3.8) is 0 Å². The first-order valence-electron chi connectivity index (χ1n) is 12.4. The molecule has 3 aromatic rings. The van der Waals surface area contributed by atoms with Crippen molar-refractivity contribution >= 4 is 5.69 Å². The van der Waals surface area contributed by atoms with Crippen LogP contribution in [-0.4, -0.2) is 21.8 Å². The van der Waals surface area contributed by atoms with Crippen molar-refractivity contribution in [3.8, 4) is 11.3 Å². The third kappa shape index (κ3) is 3.26. The average Bonchev–Trinajstić information content (AvgIpc) is 3.78. The first kappa shape index (κ1) is 18.9. The Morgan fingerprint density at radius 2 is 1.66 bits per heavy atom. The van der Waals surface area contributed by atoms with Gasteiger partial charge in [-0.1, -0.05) is 22.4 Å². The molecular formula is C26H30N4O2. The van der Waals surface area contributed by atoms with E-state index in [0.717, 1.165) is 41.0 Å². The summed E-state index contributed by atoms with van der Waals surface area (Å²) in [6.45, 7) is 1.02. The van der Waals surface area contributed by atoms with Crippen LogP contribution >= 0.6 is 0 Å².